The van der Waals surface area contributed by atoms with Crippen molar-refractivity contribution in [3.05, 3.63) is 12.2 Å². The maximum atomic E-state index is 11.9. The Bertz CT molecular complexity index is 399. The van der Waals surface area contributed by atoms with Crippen molar-refractivity contribution < 1.29 is 23.9 Å². The van der Waals surface area contributed by atoms with Gasteiger partial charge in [-0.15, -0.1) is 0 Å². The average Bonchev–Trinajstić information content (AvgIpc) is 2.30. The van der Waals surface area contributed by atoms with E-state index in [2.05, 4.69) is 5.32 Å². The SMILES string of the molecule is CCOC(=O)/C=C/CN[C@@H](CC(N)=O)C(=O)OC(C)(C)C. The van der Waals surface area contributed by atoms with Gasteiger partial charge in [0, 0.05) is 12.6 Å². The lowest BCUT2D eigenvalue weighted by atomic mass is 10.1. The lowest BCUT2D eigenvalue weighted by Gasteiger charge is -2.23. The van der Waals surface area contributed by atoms with Crippen LogP contribution in [0.1, 0.15) is 34.1 Å². The molecule has 0 aliphatic heterocycles. The van der Waals surface area contributed by atoms with E-state index in [0.29, 0.717) is 6.61 Å². The Labute approximate surface area is 124 Å². The fourth-order valence-corrected chi connectivity index (χ4v) is 1.37. The number of primary amides is 1. The summed E-state index contributed by atoms with van der Waals surface area (Å²) in [5.41, 5.74) is 4.45. The molecule has 0 spiro atoms. The predicted molar refractivity (Wildman–Crippen MR) is 77.2 cm³/mol. The summed E-state index contributed by atoms with van der Waals surface area (Å²) in [6, 6.07) is -0.853. The van der Waals surface area contributed by atoms with Crippen molar-refractivity contribution in [2.24, 2.45) is 5.73 Å². The van der Waals surface area contributed by atoms with Crippen LogP contribution in [0.5, 0.6) is 0 Å². The molecule has 7 nitrogen and oxygen atoms in total. The monoisotopic (exact) mass is 300 g/mol. The third kappa shape index (κ3) is 10.5. The highest BCUT2D eigenvalue weighted by atomic mass is 16.6. The van der Waals surface area contributed by atoms with Gasteiger partial charge in [-0.1, -0.05) is 6.08 Å². The van der Waals surface area contributed by atoms with Gasteiger partial charge in [-0.3, -0.25) is 9.59 Å². The van der Waals surface area contributed by atoms with Crippen LogP contribution in [0, 0.1) is 0 Å². The maximum absolute atomic E-state index is 11.9. The van der Waals surface area contributed by atoms with Crippen molar-refractivity contribution in [1.29, 1.82) is 0 Å². The third-order valence-corrected chi connectivity index (χ3v) is 2.12. The smallest absolute Gasteiger partial charge is 0.330 e. The minimum absolute atomic E-state index is 0.178. The van der Waals surface area contributed by atoms with Crippen molar-refractivity contribution in [3.63, 3.8) is 0 Å². The first kappa shape index (κ1) is 19.1. The van der Waals surface area contributed by atoms with Crippen LogP contribution in [0.15, 0.2) is 12.2 Å². The highest BCUT2D eigenvalue weighted by molar-refractivity contribution is 5.84. The van der Waals surface area contributed by atoms with E-state index in [0.717, 1.165) is 0 Å². The van der Waals surface area contributed by atoms with E-state index in [4.69, 9.17) is 15.2 Å². The number of hydrogen-bond donors (Lipinski definition) is 2. The van der Waals surface area contributed by atoms with Crippen LogP contribution in [0.25, 0.3) is 0 Å². The molecule has 0 aromatic carbocycles. The van der Waals surface area contributed by atoms with E-state index >= 15 is 0 Å². The quantitative estimate of drug-likeness (QED) is 0.492. The fourth-order valence-electron chi connectivity index (χ4n) is 1.37. The Hall–Kier alpha value is -1.89. The minimum Gasteiger partial charge on any atom is -0.463 e. The first-order chi connectivity index (χ1) is 9.65. The van der Waals surface area contributed by atoms with Gasteiger partial charge in [0.15, 0.2) is 0 Å². The molecular weight excluding hydrogens is 276 g/mol. The predicted octanol–water partition coefficient (Wildman–Crippen LogP) is 0.281. The van der Waals surface area contributed by atoms with Crippen LogP contribution >= 0.6 is 0 Å². The van der Waals surface area contributed by atoms with E-state index in [9.17, 15) is 14.4 Å². The van der Waals surface area contributed by atoms with E-state index in [1.54, 1.807) is 27.7 Å². The van der Waals surface area contributed by atoms with Gasteiger partial charge >= 0.3 is 11.9 Å². The minimum atomic E-state index is -0.853. The van der Waals surface area contributed by atoms with E-state index in [-0.39, 0.29) is 13.0 Å². The number of amides is 1. The number of esters is 2. The van der Waals surface area contributed by atoms with Crippen LogP contribution in [0.4, 0.5) is 0 Å². The summed E-state index contributed by atoms with van der Waals surface area (Å²) in [6.45, 7) is 7.39. The van der Waals surface area contributed by atoms with Crippen molar-refractivity contribution in [2.45, 2.75) is 45.8 Å². The number of nitrogens with one attached hydrogen (secondary N) is 1. The van der Waals surface area contributed by atoms with Crippen molar-refractivity contribution in [1.82, 2.24) is 5.32 Å². The summed E-state index contributed by atoms with van der Waals surface area (Å²) in [6.07, 6.45) is 2.56. The molecule has 3 N–H and O–H groups in total. The van der Waals surface area contributed by atoms with Gasteiger partial charge in [-0.2, -0.15) is 0 Å². The van der Waals surface area contributed by atoms with Crippen LogP contribution in [-0.2, 0) is 23.9 Å². The highest BCUT2D eigenvalue weighted by Crippen LogP contribution is 2.09. The average molecular weight is 300 g/mol. The number of hydrogen-bond acceptors (Lipinski definition) is 6. The second-order valence-corrected chi connectivity index (χ2v) is 5.32. The largest absolute Gasteiger partial charge is 0.463 e. The molecule has 7 heteroatoms. The Morgan fingerprint density at radius 2 is 1.90 bits per heavy atom. The summed E-state index contributed by atoms with van der Waals surface area (Å²) < 4.78 is 9.90. The molecule has 1 atom stereocenters. The molecule has 0 heterocycles. The van der Waals surface area contributed by atoms with Gasteiger partial charge in [-0.25, -0.2) is 4.79 Å². The molecule has 0 aromatic heterocycles. The van der Waals surface area contributed by atoms with Gasteiger partial charge in [0.25, 0.3) is 0 Å². The molecule has 0 aliphatic rings. The Balaban J connectivity index is 4.47. The molecule has 120 valence electrons. The number of carbonyl (C=O) groups is 3. The molecule has 1 amide bonds. The molecule has 21 heavy (non-hydrogen) atoms. The van der Waals surface area contributed by atoms with Crippen LogP contribution in [0.3, 0.4) is 0 Å². The molecule has 0 bridgehead atoms. The van der Waals surface area contributed by atoms with E-state index in [1.807, 2.05) is 0 Å². The molecule has 0 aliphatic carbocycles. The highest BCUT2D eigenvalue weighted by Gasteiger charge is 2.25. The summed E-state index contributed by atoms with van der Waals surface area (Å²) in [5.74, 6) is -1.65. The second-order valence-electron chi connectivity index (χ2n) is 5.32. The van der Waals surface area contributed by atoms with Crippen molar-refractivity contribution >= 4 is 17.8 Å². The number of ether oxygens (including phenoxy) is 2. The molecule has 0 saturated heterocycles. The van der Waals surface area contributed by atoms with Gasteiger partial charge in [0.1, 0.15) is 11.6 Å². The Kier molecular flexibility index (Phi) is 8.30. The number of nitrogens with two attached hydrogens (primary N) is 1. The van der Waals surface area contributed by atoms with Crippen molar-refractivity contribution in [2.75, 3.05) is 13.2 Å². The van der Waals surface area contributed by atoms with E-state index in [1.165, 1.54) is 12.2 Å². The zero-order valence-corrected chi connectivity index (χ0v) is 13.0. The summed E-state index contributed by atoms with van der Waals surface area (Å²) in [7, 11) is 0. The normalized spacial score (nSPS) is 13.0. The summed E-state index contributed by atoms with van der Waals surface area (Å²) in [4.78, 5) is 34.0. The molecule has 0 rings (SSSR count). The zero-order chi connectivity index (χ0) is 16.5. The molecule has 0 saturated carbocycles. The van der Waals surface area contributed by atoms with Gasteiger partial charge in [0.2, 0.25) is 5.91 Å². The van der Waals surface area contributed by atoms with Crippen LogP contribution in [-0.4, -0.2) is 42.6 Å². The zero-order valence-electron chi connectivity index (χ0n) is 13.0. The third-order valence-electron chi connectivity index (χ3n) is 2.12. The van der Waals surface area contributed by atoms with Crippen LogP contribution < -0.4 is 11.1 Å². The molecule has 0 radical (unpaired) electrons. The molecule has 0 fully saturated rings. The van der Waals surface area contributed by atoms with E-state index < -0.39 is 29.5 Å². The molecule has 0 aromatic rings. The van der Waals surface area contributed by atoms with Crippen molar-refractivity contribution in [3.8, 4) is 0 Å². The first-order valence-corrected chi connectivity index (χ1v) is 6.73. The topological polar surface area (TPSA) is 108 Å². The van der Waals surface area contributed by atoms with Gasteiger partial charge in [-0.05, 0) is 27.7 Å². The summed E-state index contributed by atoms with van der Waals surface area (Å²) >= 11 is 0. The number of carbonyl (C=O) groups excluding carboxylic acids is 3. The summed E-state index contributed by atoms with van der Waals surface area (Å²) in [5, 5.41) is 2.80. The van der Waals surface area contributed by atoms with Crippen LogP contribution in [0.2, 0.25) is 0 Å². The fraction of sp³-hybridized carbons (Fsp3) is 0.643. The Morgan fingerprint density at radius 1 is 1.29 bits per heavy atom. The molecular formula is C14H24N2O5. The first-order valence-electron chi connectivity index (χ1n) is 6.73. The molecule has 0 unspecified atom stereocenters. The Morgan fingerprint density at radius 3 is 2.38 bits per heavy atom. The van der Waals surface area contributed by atoms with Gasteiger partial charge < -0.3 is 20.5 Å². The number of rotatable bonds is 8. The second kappa shape index (κ2) is 9.12. The maximum Gasteiger partial charge on any atom is 0.330 e. The van der Waals surface area contributed by atoms with Gasteiger partial charge in [0.05, 0.1) is 13.0 Å². The lowest BCUT2D eigenvalue weighted by molar-refractivity contribution is -0.158. The standard InChI is InChI=1S/C14H24N2O5/c1-5-20-12(18)7-6-8-16-10(9-11(15)17)13(19)21-14(2,3)4/h6-7,10,16H,5,8-9H2,1-4H3,(H2,15,17)/b7-6+/t10-/m0/s1. The lowest BCUT2D eigenvalue weighted by Crippen LogP contribution is -2.43.